The quantitative estimate of drug-likeness (QED) is 0.113. The van der Waals surface area contributed by atoms with Crippen molar-refractivity contribution >= 4 is 41.4 Å². The zero-order chi connectivity index (χ0) is 44.2. The number of aliphatic hydroxyl groups excluding tert-OH is 7. The molecule has 24 heteroatoms. The molecule has 0 radical (unpaired) electrons. The Hall–Kier alpha value is -5.21. The molecule has 24 nitrogen and oxygen atoms in total. The summed E-state index contributed by atoms with van der Waals surface area (Å²) in [5.74, 6) is -10.7. The van der Waals surface area contributed by atoms with Gasteiger partial charge in [-0.15, -0.1) is 0 Å². The molecule has 1 aromatic carbocycles. The van der Waals surface area contributed by atoms with Gasteiger partial charge in [0.15, 0.2) is 11.5 Å². The Bertz CT molecular complexity index is 1770. The molecule has 5 unspecified atom stereocenters. The van der Waals surface area contributed by atoms with Gasteiger partial charge in [0.25, 0.3) is 0 Å². The zero-order valence-corrected chi connectivity index (χ0v) is 32.0. The first-order valence-corrected chi connectivity index (χ1v) is 18.7. The van der Waals surface area contributed by atoms with Gasteiger partial charge in [0.1, 0.15) is 42.4 Å². The number of hydrogen-bond donors (Lipinski definition) is 15. The Morgan fingerprint density at radius 1 is 0.797 bits per heavy atom. The number of rotatable bonds is 7. The molecule has 3 fully saturated rings. The number of hydrogen-bond acceptors (Lipinski definition) is 17. The number of nitrogens with zero attached hydrogens (tertiary/aromatic N) is 2. The van der Waals surface area contributed by atoms with Gasteiger partial charge in [-0.3, -0.25) is 33.6 Å². The van der Waals surface area contributed by atoms with E-state index in [1.165, 1.54) is 6.92 Å². The van der Waals surface area contributed by atoms with E-state index >= 15 is 0 Å². The molecule has 328 valence electrons. The minimum Gasteiger partial charge on any atom is -0.504 e. The van der Waals surface area contributed by atoms with Crippen molar-refractivity contribution < 1.29 is 79.5 Å². The molecule has 17 N–H and O–H groups in total. The van der Waals surface area contributed by atoms with Crippen molar-refractivity contribution in [2.75, 3.05) is 19.6 Å². The van der Waals surface area contributed by atoms with E-state index in [0.29, 0.717) is 0 Å². The van der Waals surface area contributed by atoms with E-state index in [4.69, 9.17) is 11.5 Å². The van der Waals surface area contributed by atoms with Crippen LogP contribution in [0.2, 0.25) is 0 Å². The maximum Gasteiger partial charge on any atom is 0.248 e. The van der Waals surface area contributed by atoms with Crippen LogP contribution in [0.25, 0.3) is 0 Å². The molecule has 1 aromatic rings. The highest BCUT2D eigenvalue weighted by molar-refractivity contribution is 5.98. The number of aromatic hydroxyl groups is 2. The number of fused-ring (bicyclic) bond motifs is 2. The number of carbonyl (C=O) groups excluding carboxylic acids is 7. The Kier molecular flexibility index (Phi) is 15.2. The van der Waals surface area contributed by atoms with Crippen molar-refractivity contribution in [3.8, 4) is 11.5 Å². The Morgan fingerprint density at radius 3 is 2.02 bits per heavy atom. The molecule has 4 rings (SSSR count). The number of benzene rings is 1. The van der Waals surface area contributed by atoms with Crippen LogP contribution in [0.1, 0.15) is 44.8 Å². The van der Waals surface area contributed by atoms with Crippen LogP contribution < -0.4 is 32.7 Å². The number of phenols is 2. The second-order valence-electron chi connectivity index (χ2n) is 15.2. The number of nitrogens with one attached hydrogen (secondary N) is 4. The highest BCUT2D eigenvalue weighted by Crippen LogP contribution is 2.31. The van der Waals surface area contributed by atoms with Gasteiger partial charge in [0.2, 0.25) is 41.4 Å². The standard InChI is InChI=1S/C35H52N8O16/c1-12-10-43-26(27(12)51)33(57)38-9-15(45)6-17(36)30(54)39-23(13(2)44)34(58)42-11-16(46)7-18(42)31(55)41-25(29(53)28(52)14-3-4-19(47)20(48)5-14)32(56)40-24(35(43)59)21(49)8-22(37)50/h3-5,12-13,15-18,21,23-29,44-49,51-53H,6-11,36H2,1-2H3,(H2,37,50)(H,38,57)(H,39,54)(H,40,56)(H,41,55)/t12-,13+,15+,16+,17-,18?,21+,23?,24?,25?,26?,27-,28-,29-/m0/s1. The second kappa shape index (κ2) is 19.2. The van der Waals surface area contributed by atoms with Gasteiger partial charge in [-0.2, -0.15) is 0 Å². The third-order valence-electron chi connectivity index (χ3n) is 10.5. The van der Waals surface area contributed by atoms with Gasteiger partial charge in [-0.05, 0) is 31.0 Å². The molecule has 3 heterocycles. The maximum atomic E-state index is 14.2. The number of carbonyl (C=O) groups is 7. The Balaban J connectivity index is 1.84. The first-order chi connectivity index (χ1) is 27.5. The molecule has 3 aliphatic rings. The summed E-state index contributed by atoms with van der Waals surface area (Å²) in [5, 5.41) is 105. The number of aliphatic hydroxyl groups is 7. The van der Waals surface area contributed by atoms with E-state index in [0.717, 1.165) is 34.9 Å². The fourth-order valence-corrected chi connectivity index (χ4v) is 7.22. The van der Waals surface area contributed by atoms with Crippen molar-refractivity contribution in [1.29, 1.82) is 0 Å². The summed E-state index contributed by atoms with van der Waals surface area (Å²) in [5.41, 5.74) is 10.9. The summed E-state index contributed by atoms with van der Waals surface area (Å²) >= 11 is 0. The van der Waals surface area contributed by atoms with E-state index < -0.39 is 170 Å². The van der Waals surface area contributed by atoms with E-state index in [-0.39, 0.29) is 12.1 Å². The molecular formula is C35H52N8O16. The largest absolute Gasteiger partial charge is 0.504 e. The summed E-state index contributed by atoms with van der Waals surface area (Å²) in [6, 6.07) is -8.58. The van der Waals surface area contributed by atoms with Crippen LogP contribution in [-0.4, -0.2) is 190 Å². The zero-order valence-electron chi connectivity index (χ0n) is 32.0. The lowest BCUT2D eigenvalue weighted by molar-refractivity contribution is -0.148. The maximum absolute atomic E-state index is 14.2. The number of primary amides is 1. The number of amides is 7. The van der Waals surface area contributed by atoms with Crippen LogP contribution in [0.3, 0.4) is 0 Å². The lowest BCUT2D eigenvalue weighted by Gasteiger charge is -2.34. The first-order valence-electron chi connectivity index (χ1n) is 18.7. The minimum atomic E-state index is -2.42. The van der Waals surface area contributed by atoms with E-state index in [1.807, 2.05) is 0 Å². The van der Waals surface area contributed by atoms with Crippen molar-refractivity contribution in [1.82, 2.24) is 31.1 Å². The number of phenolic OH excluding ortho intramolecular Hbond substituents is 2. The van der Waals surface area contributed by atoms with Gasteiger partial charge in [-0.25, -0.2) is 0 Å². The molecule has 0 aliphatic carbocycles. The predicted octanol–water partition coefficient (Wildman–Crippen LogP) is -8.06. The van der Waals surface area contributed by atoms with Crippen molar-refractivity contribution in [3.05, 3.63) is 23.8 Å². The van der Waals surface area contributed by atoms with E-state index in [1.54, 1.807) is 0 Å². The van der Waals surface area contributed by atoms with Gasteiger partial charge >= 0.3 is 0 Å². The average molecular weight is 841 g/mol. The van der Waals surface area contributed by atoms with Gasteiger partial charge in [0, 0.05) is 32.0 Å². The van der Waals surface area contributed by atoms with Crippen molar-refractivity contribution in [2.24, 2.45) is 17.4 Å². The van der Waals surface area contributed by atoms with Gasteiger partial charge in [-0.1, -0.05) is 13.0 Å². The Labute approximate surface area is 336 Å². The van der Waals surface area contributed by atoms with Gasteiger partial charge < -0.3 is 88.5 Å². The fourth-order valence-electron chi connectivity index (χ4n) is 7.22. The molecule has 3 saturated heterocycles. The molecule has 0 bridgehead atoms. The van der Waals surface area contributed by atoms with Gasteiger partial charge in [0.05, 0.1) is 43.0 Å². The SMILES string of the molecule is C[C@@H](O)C1NC(=O)[C@@H](N)C[C@@H](O)CNC(=O)C2[C@@H](O)[C@@H](C)CN2C(=O)C([C@H](O)CC(N)=O)NC(=O)C([C@H](O)[C@@H](O)c2ccc(O)c(O)c2)NC(=O)C2C[C@@H](O)CN2C1=O. The van der Waals surface area contributed by atoms with E-state index in [2.05, 4.69) is 21.3 Å². The van der Waals surface area contributed by atoms with Crippen LogP contribution in [0.5, 0.6) is 11.5 Å². The van der Waals surface area contributed by atoms with Crippen LogP contribution in [0.15, 0.2) is 18.2 Å². The summed E-state index contributed by atoms with van der Waals surface area (Å²) in [4.78, 5) is 96.3. The van der Waals surface area contributed by atoms with Crippen molar-refractivity contribution in [2.45, 2.75) is 112 Å². The van der Waals surface area contributed by atoms with Crippen LogP contribution in [-0.2, 0) is 33.6 Å². The van der Waals surface area contributed by atoms with Crippen LogP contribution in [0.4, 0.5) is 0 Å². The molecular weight excluding hydrogens is 788 g/mol. The fraction of sp³-hybridized carbons (Fsp3) is 0.629. The topological polar surface area (TPSA) is 408 Å². The van der Waals surface area contributed by atoms with Crippen LogP contribution >= 0.6 is 0 Å². The monoisotopic (exact) mass is 840 g/mol. The third-order valence-corrected chi connectivity index (χ3v) is 10.5. The predicted molar refractivity (Wildman–Crippen MR) is 196 cm³/mol. The molecule has 14 atom stereocenters. The summed E-state index contributed by atoms with van der Waals surface area (Å²) < 4.78 is 0. The summed E-state index contributed by atoms with van der Waals surface area (Å²) in [7, 11) is 0. The second-order valence-corrected chi connectivity index (χ2v) is 15.2. The molecule has 0 spiro atoms. The van der Waals surface area contributed by atoms with Crippen LogP contribution in [0, 0.1) is 5.92 Å². The molecule has 0 aromatic heterocycles. The molecule has 7 amide bonds. The molecule has 59 heavy (non-hydrogen) atoms. The minimum absolute atomic E-state index is 0.320. The average Bonchev–Trinajstić information content (AvgIpc) is 3.71. The normalized spacial score (nSPS) is 32.6. The van der Waals surface area contributed by atoms with E-state index in [9.17, 15) is 79.5 Å². The Morgan fingerprint density at radius 2 is 1.41 bits per heavy atom. The summed E-state index contributed by atoms with van der Waals surface area (Å²) in [6.07, 6.45) is -14.9. The molecule has 3 aliphatic heterocycles. The first kappa shape index (κ1) is 46.5. The highest BCUT2D eigenvalue weighted by atomic mass is 16.3. The number of β-amino-alcohol motifs (C(OH)–C–C–N with tert-alkyl or cyclic N) is 1. The smallest absolute Gasteiger partial charge is 0.248 e. The lowest BCUT2D eigenvalue weighted by atomic mass is 9.96. The van der Waals surface area contributed by atoms with Crippen molar-refractivity contribution in [3.63, 3.8) is 0 Å². The molecule has 0 saturated carbocycles. The number of nitrogens with two attached hydrogens (primary N) is 2. The third kappa shape index (κ3) is 10.7. The highest BCUT2D eigenvalue weighted by Gasteiger charge is 2.50. The summed E-state index contributed by atoms with van der Waals surface area (Å²) in [6.45, 7) is 1.07. The lowest BCUT2D eigenvalue weighted by Crippen LogP contribution is -2.64.